The molecule has 3 aliphatic carbocycles. The Bertz CT molecular complexity index is 462. The molecule has 0 bridgehead atoms. The Morgan fingerprint density at radius 3 is 2.71 bits per heavy atom. The Hall–Kier alpha value is -0.823. The minimum Gasteiger partial charge on any atom is -0.0840 e. The van der Waals surface area contributed by atoms with Crippen LogP contribution in [0.3, 0.4) is 0 Å². The second-order valence-electron chi connectivity index (χ2n) is 7.35. The van der Waals surface area contributed by atoms with Crippen LogP contribution in [0.5, 0.6) is 0 Å². The van der Waals surface area contributed by atoms with E-state index < -0.39 is 0 Å². The average molecular weight is 299 g/mol. The molecule has 0 aliphatic heterocycles. The summed E-state index contributed by atoms with van der Waals surface area (Å²) in [6.07, 6.45) is 28.3. The molecule has 1 heteroatoms. The second-order valence-corrected chi connectivity index (χ2v) is 10.0. The van der Waals surface area contributed by atoms with Crippen molar-refractivity contribution in [2.75, 3.05) is 0 Å². The fourth-order valence-electron chi connectivity index (χ4n) is 4.64. The van der Waals surface area contributed by atoms with E-state index in [0.29, 0.717) is 5.04 Å². The molecular formula is C20H30Si. The molecule has 1 fully saturated rings. The highest BCUT2D eigenvalue weighted by atomic mass is 28.2. The van der Waals surface area contributed by atoms with Gasteiger partial charge in [-0.15, -0.1) is 0 Å². The van der Waals surface area contributed by atoms with Crippen LogP contribution in [0.2, 0.25) is 10.6 Å². The van der Waals surface area contributed by atoms with E-state index >= 15 is 0 Å². The SMILES string of the molecule is CCC1=CC=CC1[SiH2]C1(CC2CCCCC2)C=CC=CC1. The van der Waals surface area contributed by atoms with Crippen molar-refractivity contribution in [2.45, 2.75) is 68.9 Å². The summed E-state index contributed by atoms with van der Waals surface area (Å²) in [6, 6.07) is 0. The van der Waals surface area contributed by atoms with Crippen LogP contribution < -0.4 is 0 Å². The first-order valence-corrected chi connectivity index (χ1v) is 10.6. The monoisotopic (exact) mass is 298 g/mol. The van der Waals surface area contributed by atoms with Crippen LogP contribution in [0.1, 0.15) is 58.3 Å². The predicted octanol–water partition coefficient (Wildman–Crippen LogP) is 5.50. The molecule has 2 unspecified atom stereocenters. The van der Waals surface area contributed by atoms with Gasteiger partial charge in [-0.05, 0) is 35.8 Å². The highest BCUT2D eigenvalue weighted by Crippen LogP contribution is 2.48. The fraction of sp³-hybridized carbons (Fsp3) is 0.600. The van der Waals surface area contributed by atoms with E-state index in [1.54, 1.807) is 5.57 Å². The van der Waals surface area contributed by atoms with Crippen LogP contribution in [0.25, 0.3) is 0 Å². The fourth-order valence-corrected chi connectivity index (χ4v) is 7.68. The number of hydrogen-bond donors (Lipinski definition) is 0. The molecule has 0 aromatic rings. The molecule has 0 aromatic heterocycles. The second kappa shape index (κ2) is 6.96. The van der Waals surface area contributed by atoms with Crippen LogP contribution in [-0.4, -0.2) is 9.52 Å². The Balaban J connectivity index is 1.71. The molecule has 0 saturated heterocycles. The van der Waals surface area contributed by atoms with Crippen LogP contribution in [0.4, 0.5) is 0 Å². The molecule has 114 valence electrons. The predicted molar refractivity (Wildman–Crippen MR) is 96.6 cm³/mol. The summed E-state index contributed by atoms with van der Waals surface area (Å²) in [4.78, 5) is 0. The summed E-state index contributed by atoms with van der Waals surface area (Å²) in [5.74, 6) is 1.00. The van der Waals surface area contributed by atoms with E-state index in [9.17, 15) is 0 Å². The maximum Gasteiger partial charge on any atom is 0.0451 e. The lowest BCUT2D eigenvalue weighted by Gasteiger charge is -2.38. The van der Waals surface area contributed by atoms with E-state index in [4.69, 9.17) is 0 Å². The maximum atomic E-state index is 2.60. The zero-order valence-electron chi connectivity index (χ0n) is 13.6. The van der Waals surface area contributed by atoms with Gasteiger partial charge < -0.3 is 0 Å². The molecule has 21 heavy (non-hydrogen) atoms. The summed E-state index contributed by atoms with van der Waals surface area (Å²) >= 11 is 0. The first-order chi connectivity index (χ1) is 10.3. The third-order valence-electron chi connectivity index (χ3n) is 5.81. The third kappa shape index (κ3) is 3.69. The van der Waals surface area contributed by atoms with Gasteiger partial charge in [0.1, 0.15) is 0 Å². The van der Waals surface area contributed by atoms with Gasteiger partial charge in [0.2, 0.25) is 0 Å². The van der Waals surface area contributed by atoms with E-state index in [2.05, 4.69) is 49.5 Å². The summed E-state index contributed by atoms with van der Waals surface area (Å²) in [5, 5.41) is 0.560. The minimum absolute atomic E-state index is 0.161. The van der Waals surface area contributed by atoms with Gasteiger partial charge in [0, 0.05) is 9.52 Å². The van der Waals surface area contributed by atoms with Gasteiger partial charge in [0.05, 0.1) is 0 Å². The average Bonchev–Trinajstić information content (AvgIpc) is 2.96. The molecule has 0 heterocycles. The van der Waals surface area contributed by atoms with Gasteiger partial charge in [-0.3, -0.25) is 0 Å². The van der Waals surface area contributed by atoms with Gasteiger partial charge in [-0.2, -0.15) is 0 Å². The van der Waals surface area contributed by atoms with Crippen molar-refractivity contribution >= 4 is 9.52 Å². The van der Waals surface area contributed by atoms with Crippen molar-refractivity contribution in [1.29, 1.82) is 0 Å². The van der Waals surface area contributed by atoms with Crippen molar-refractivity contribution in [3.63, 3.8) is 0 Å². The van der Waals surface area contributed by atoms with Crippen LogP contribution in [-0.2, 0) is 0 Å². The van der Waals surface area contributed by atoms with Crippen LogP contribution >= 0.6 is 0 Å². The zero-order chi connectivity index (χ0) is 14.5. The third-order valence-corrected chi connectivity index (χ3v) is 8.67. The molecule has 0 amide bonds. The normalized spacial score (nSPS) is 33.2. The summed E-state index contributed by atoms with van der Waals surface area (Å²) in [7, 11) is -0.161. The van der Waals surface area contributed by atoms with Crippen LogP contribution in [0.15, 0.2) is 48.1 Å². The van der Waals surface area contributed by atoms with Gasteiger partial charge in [-0.1, -0.05) is 87.1 Å². The molecule has 3 aliphatic rings. The van der Waals surface area contributed by atoms with E-state index in [0.717, 1.165) is 11.5 Å². The Morgan fingerprint density at radius 2 is 2.00 bits per heavy atom. The van der Waals surface area contributed by atoms with E-state index in [1.807, 2.05) is 0 Å². The van der Waals surface area contributed by atoms with Crippen molar-refractivity contribution in [2.24, 2.45) is 5.92 Å². The first kappa shape index (κ1) is 15.1. The summed E-state index contributed by atoms with van der Waals surface area (Å²) < 4.78 is 0. The zero-order valence-corrected chi connectivity index (χ0v) is 15.0. The van der Waals surface area contributed by atoms with Gasteiger partial charge in [0.15, 0.2) is 0 Å². The highest BCUT2D eigenvalue weighted by molar-refractivity contribution is 6.45. The Labute approximate surface area is 132 Å². The largest absolute Gasteiger partial charge is 0.0840 e. The smallest absolute Gasteiger partial charge is 0.0451 e. The highest BCUT2D eigenvalue weighted by Gasteiger charge is 2.34. The topological polar surface area (TPSA) is 0 Å². The van der Waals surface area contributed by atoms with E-state index in [1.165, 1.54) is 51.4 Å². The molecule has 0 aromatic carbocycles. The summed E-state index contributed by atoms with van der Waals surface area (Å²) in [5.41, 5.74) is 2.53. The molecule has 0 N–H and O–H groups in total. The lowest BCUT2D eigenvalue weighted by atomic mass is 9.80. The quantitative estimate of drug-likeness (QED) is 0.588. The summed E-state index contributed by atoms with van der Waals surface area (Å²) in [6.45, 7) is 2.32. The molecule has 0 nitrogen and oxygen atoms in total. The Morgan fingerprint density at radius 1 is 1.14 bits per heavy atom. The van der Waals surface area contributed by atoms with Crippen molar-refractivity contribution < 1.29 is 0 Å². The van der Waals surface area contributed by atoms with Crippen molar-refractivity contribution in [3.05, 3.63) is 48.1 Å². The van der Waals surface area contributed by atoms with Gasteiger partial charge >= 0.3 is 0 Å². The molecule has 3 rings (SSSR count). The molecular weight excluding hydrogens is 268 g/mol. The van der Waals surface area contributed by atoms with Crippen molar-refractivity contribution in [1.82, 2.24) is 0 Å². The number of allylic oxidation sites excluding steroid dienone is 8. The lowest BCUT2D eigenvalue weighted by molar-refractivity contribution is 0.313. The standard InChI is InChI=1S/C20H30Si/c1-2-18-12-9-13-19(18)21-20(14-7-4-8-15-20)16-17-10-5-3-6-11-17/h4,7-9,12-14,17,19H,2-3,5-6,10-11,15-16,21H2,1H3. The molecule has 2 atom stereocenters. The van der Waals surface area contributed by atoms with Gasteiger partial charge in [0.25, 0.3) is 0 Å². The number of rotatable bonds is 5. The maximum absolute atomic E-state index is 2.60. The van der Waals surface area contributed by atoms with Crippen molar-refractivity contribution in [3.8, 4) is 0 Å². The van der Waals surface area contributed by atoms with Crippen LogP contribution in [0, 0.1) is 5.92 Å². The first-order valence-electron chi connectivity index (χ1n) is 9.03. The molecule has 0 spiro atoms. The van der Waals surface area contributed by atoms with Gasteiger partial charge in [-0.25, -0.2) is 0 Å². The Kier molecular flexibility index (Phi) is 5.00. The van der Waals surface area contributed by atoms with E-state index in [-0.39, 0.29) is 9.52 Å². The lowest BCUT2D eigenvalue weighted by Crippen LogP contribution is -2.26. The number of hydrogen-bond acceptors (Lipinski definition) is 0. The molecule has 0 radical (unpaired) electrons. The minimum atomic E-state index is -0.161. The molecule has 1 saturated carbocycles.